The van der Waals surface area contributed by atoms with Crippen LogP contribution in [-0.2, 0) is 50.1 Å². The fraction of sp³-hybridized carbons (Fsp3) is 0.286. The first-order chi connectivity index (χ1) is 20.8. The molecule has 0 spiro atoms. The molecule has 1 heterocycles. The summed E-state index contributed by atoms with van der Waals surface area (Å²) in [5.41, 5.74) is 4.12. The van der Waals surface area contributed by atoms with Crippen molar-refractivity contribution in [1.82, 2.24) is 0 Å². The first kappa shape index (κ1) is 29.6. The molecular weight excluding hydrogens is 530 g/mol. The number of benzene rings is 4. The maximum atomic E-state index is 9.58. The average molecular weight is 568 g/mol. The van der Waals surface area contributed by atoms with Gasteiger partial charge in [-0.3, -0.25) is 0 Å². The zero-order chi connectivity index (χ0) is 28.8. The number of hydrogen-bond donors (Lipinski definition) is 1. The molecular formula is C35H37NO6. The molecule has 0 saturated carbocycles. The average Bonchev–Trinajstić information content (AvgIpc) is 3.05. The summed E-state index contributed by atoms with van der Waals surface area (Å²) in [7, 11) is 0. The Morgan fingerprint density at radius 1 is 0.548 bits per heavy atom. The minimum atomic E-state index is -0.693. The first-order valence-corrected chi connectivity index (χ1v) is 14.2. The van der Waals surface area contributed by atoms with Crippen molar-refractivity contribution in [2.75, 3.05) is 6.61 Å². The molecule has 0 amide bonds. The highest BCUT2D eigenvalue weighted by Gasteiger charge is 2.48. The summed E-state index contributed by atoms with van der Waals surface area (Å²) in [6.07, 6.45) is -1.56. The SMILES string of the molecule is O/N=C\[C@@H]1O[C@H](COCc2ccccc2)[C@H](OCc2ccccc2)[C@H](OCc2ccccc2)[C@H]1OCc1ccccc1. The van der Waals surface area contributed by atoms with E-state index < -0.39 is 30.5 Å². The molecule has 42 heavy (non-hydrogen) atoms. The summed E-state index contributed by atoms with van der Waals surface area (Å²) in [6, 6.07) is 39.9. The van der Waals surface area contributed by atoms with Crippen LogP contribution in [0.5, 0.6) is 0 Å². The molecule has 0 unspecified atom stereocenters. The van der Waals surface area contributed by atoms with E-state index in [1.165, 1.54) is 6.21 Å². The van der Waals surface area contributed by atoms with Crippen LogP contribution in [0.1, 0.15) is 22.3 Å². The molecule has 4 aromatic rings. The topological polar surface area (TPSA) is 78.7 Å². The van der Waals surface area contributed by atoms with Gasteiger partial charge in [0.05, 0.1) is 39.2 Å². The lowest BCUT2D eigenvalue weighted by Crippen LogP contribution is -2.61. The van der Waals surface area contributed by atoms with Gasteiger partial charge in [-0.15, -0.1) is 0 Å². The van der Waals surface area contributed by atoms with Crippen molar-refractivity contribution in [3.05, 3.63) is 144 Å². The van der Waals surface area contributed by atoms with E-state index in [0.29, 0.717) is 26.4 Å². The van der Waals surface area contributed by atoms with E-state index in [1.807, 2.05) is 121 Å². The number of nitrogens with zero attached hydrogens (tertiary/aromatic N) is 1. The highest BCUT2D eigenvalue weighted by atomic mass is 16.6. The molecule has 1 aliphatic rings. The molecule has 7 nitrogen and oxygen atoms in total. The predicted octanol–water partition coefficient (Wildman–Crippen LogP) is 6.19. The fourth-order valence-corrected chi connectivity index (χ4v) is 5.01. The Hall–Kier alpha value is -3.85. The van der Waals surface area contributed by atoms with Crippen LogP contribution in [0.3, 0.4) is 0 Å². The van der Waals surface area contributed by atoms with Crippen LogP contribution in [0.15, 0.2) is 126 Å². The molecule has 0 radical (unpaired) electrons. The van der Waals surface area contributed by atoms with Crippen LogP contribution < -0.4 is 0 Å². The van der Waals surface area contributed by atoms with E-state index >= 15 is 0 Å². The predicted molar refractivity (Wildman–Crippen MR) is 160 cm³/mol. The van der Waals surface area contributed by atoms with Crippen molar-refractivity contribution in [2.45, 2.75) is 56.9 Å². The van der Waals surface area contributed by atoms with Gasteiger partial charge in [0.1, 0.15) is 30.5 Å². The maximum absolute atomic E-state index is 9.58. The molecule has 0 aromatic heterocycles. The lowest BCUT2D eigenvalue weighted by molar-refractivity contribution is -0.258. The van der Waals surface area contributed by atoms with Crippen molar-refractivity contribution in [3.8, 4) is 0 Å². The van der Waals surface area contributed by atoms with Gasteiger partial charge in [-0.1, -0.05) is 126 Å². The largest absolute Gasteiger partial charge is 0.411 e. The molecule has 0 aliphatic carbocycles. The number of oxime groups is 1. The van der Waals surface area contributed by atoms with E-state index in [1.54, 1.807) is 0 Å². The molecule has 1 N–H and O–H groups in total. The van der Waals surface area contributed by atoms with Crippen LogP contribution in [-0.4, -0.2) is 48.5 Å². The molecule has 1 fully saturated rings. The molecule has 1 saturated heterocycles. The quantitative estimate of drug-likeness (QED) is 0.111. The third-order valence-electron chi connectivity index (χ3n) is 7.13. The van der Waals surface area contributed by atoms with Crippen LogP contribution in [0, 0.1) is 0 Å². The lowest BCUT2D eigenvalue weighted by atomic mass is 9.94. The Labute approximate surface area is 247 Å². The maximum Gasteiger partial charge on any atom is 0.125 e. The number of rotatable bonds is 14. The summed E-state index contributed by atoms with van der Waals surface area (Å²) >= 11 is 0. The summed E-state index contributed by atoms with van der Waals surface area (Å²) < 4.78 is 32.3. The van der Waals surface area contributed by atoms with Gasteiger partial charge in [-0.05, 0) is 22.3 Å². The normalized spacial score (nSPS) is 22.3. The van der Waals surface area contributed by atoms with Gasteiger partial charge in [-0.2, -0.15) is 0 Å². The van der Waals surface area contributed by atoms with Crippen LogP contribution in [0.2, 0.25) is 0 Å². The highest BCUT2D eigenvalue weighted by Crippen LogP contribution is 2.30. The van der Waals surface area contributed by atoms with Gasteiger partial charge in [0.25, 0.3) is 0 Å². The minimum absolute atomic E-state index is 0.251. The number of ether oxygens (including phenoxy) is 5. The van der Waals surface area contributed by atoms with Crippen LogP contribution in [0.4, 0.5) is 0 Å². The molecule has 1 aliphatic heterocycles. The summed E-state index contributed by atoms with van der Waals surface area (Å²) in [5.74, 6) is 0. The van der Waals surface area contributed by atoms with Crippen LogP contribution in [0.25, 0.3) is 0 Å². The van der Waals surface area contributed by atoms with Gasteiger partial charge in [0.2, 0.25) is 0 Å². The van der Waals surface area contributed by atoms with E-state index in [2.05, 4.69) is 5.16 Å². The van der Waals surface area contributed by atoms with Crippen molar-refractivity contribution in [3.63, 3.8) is 0 Å². The lowest BCUT2D eigenvalue weighted by Gasteiger charge is -2.45. The highest BCUT2D eigenvalue weighted by molar-refractivity contribution is 5.63. The second-order valence-electron chi connectivity index (χ2n) is 10.2. The van der Waals surface area contributed by atoms with Gasteiger partial charge < -0.3 is 28.9 Å². The second-order valence-corrected chi connectivity index (χ2v) is 10.2. The Morgan fingerprint density at radius 3 is 1.40 bits per heavy atom. The van der Waals surface area contributed by atoms with Gasteiger partial charge in [0, 0.05) is 0 Å². The van der Waals surface area contributed by atoms with E-state index in [-0.39, 0.29) is 6.61 Å². The van der Waals surface area contributed by atoms with Gasteiger partial charge >= 0.3 is 0 Å². The number of hydrogen-bond acceptors (Lipinski definition) is 7. The van der Waals surface area contributed by atoms with Gasteiger partial charge in [-0.25, -0.2) is 0 Å². The summed E-state index contributed by atoms with van der Waals surface area (Å²) in [5, 5.41) is 12.9. The Balaban J connectivity index is 1.41. The van der Waals surface area contributed by atoms with Crippen molar-refractivity contribution in [1.29, 1.82) is 0 Å². The standard InChI is InChI=1S/C35H37NO6/c37-36-21-31-33(39-23-28-15-7-2-8-16-28)35(41-25-30-19-11-4-12-20-30)34(40-24-29-17-9-3-10-18-29)32(42-31)26-38-22-27-13-5-1-6-14-27/h1-21,31-35,37H,22-26H2/b36-21-/t31-,32+,33-,34-,35+/m0/s1. The zero-order valence-corrected chi connectivity index (χ0v) is 23.5. The molecule has 5 atom stereocenters. The van der Waals surface area contributed by atoms with Gasteiger partial charge in [0.15, 0.2) is 0 Å². The van der Waals surface area contributed by atoms with Crippen molar-refractivity contribution in [2.24, 2.45) is 5.16 Å². The zero-order valence-electron chi connectivity index (χ0n) is 23.5. The Morgan fingerprint density at radius 2 is 0.952 bits per heavy atom. The molecule has 218 valence electrons. The molecule has 0 bridgehead atoms. The third kappa shape index (κ3) is 8.58. The Bertz CT molecular complexity index is 1320. The summed E-state index contributed by atoms with van der Waals surface area (Å²) in [6.45, 7) is 1.72. The van der Waals surface area contributed by atoms with Crippen molar-refractivity contribution >= 4 is 6.21 Å². The van der Waals surface area contributed by atoms with Crippen molar-refractivity contribution < 1.29 is 28.9 Å². The van der Waals surface area contributed by atoms with E-state index in [9.17, 15) is 5.21 Å². The molecule has 7 heteroatoms. The smallest absolute Gasteiger partial charge is 0.125 e. The molecule has 4 aromatic carbocycles. The third-order valence-corrected chi connectivity index (χ3v) is 7.13. The fourth-order valence-electron chi connectivity index (χ4n) is 5.01. The van der Waals surface area contributed by atoms with Crippen LogP contribution >= 0.6 is 0 Å². The van der Waals surface area contributed by atoms with E-state index in [4.69, 9.17) is 23.7 Å². The summed E-state index contributed by atoms with van der Waals surface area (Å²) in [4.78, 5) is 0. The molecule has 5 rings (SSSR count). The monoisotopic (exact) mass is 567 g/mol. The first-order valence-electron chi connectivity index (χ1n) is 14.2. The minimum Gasteiger partial charge on any atom is -0.411 e. The van der Waals surface area contributed by atoms with E-state index in [0.717, 1.165) is 22.3 Å². The Kier molecular flexibility index (Phi) is 11.3. The second kappa shape index (κ2) is 16.0.